The summed E-state index contributed by atoms with van der Waals surface area (Å²) < 4.78 is 3.20. The van der Waals surface area contributed by atoms with E-state index in [0.717, 1.165) is 23.3 Å². The zero-order valence-corrected chi connectivity index (χ0v) is 11.2. The number of benzene rings is 1. The highest BCUT2D eigenvalue weighted by Crippen LogP contribution is 2.29. The van der Waals surface area contributed by atoms with E-state index in [4.69, 9.17) is 0 Å². The van der Waals surface area contributed by atoms with Crippen molar-refractivity contribution in [2.24, 2.45) is 7.05 Å². The predicted octanol–water partition coefficient (Wildman–Crippen LogP) is 2.42. The van der Waals surface area contributed by atoms with Crippen molar-refractivity contribution in [1.29, 1.82) is 0 Å². The van der Waals surface area contributed by atoms with Gasteiger partial charge in [0.15, 0.2) is 0 Å². The number of aromatic nitrogens is 2. The van der Waals surface area contributed by atoms with E-state index in [2.05, 4.69) is 49.0 Å². The average Bonchev–Trinajstić information content (AvgIpc) is 2.74. The molecule has 1 aromatic heterocycles. The van der Waals surface area contributed by atoms with E-state index in [1.807, 2.05) is 19.4 Å². The van der Waals surface area contributed by atoms with Crippen LogP contribution in [0, 0.1) is 0 Å². The van der Waals surface area contributed by atoms with Crippen molar-refractivity contribution < 1.29 is 0 Å². The molecular formula is C13H14BrN3. The monoisotopic (exact) mass is 291 g/mol. The van der Waals surface area contributed by atoms with Gasteiger partial charge in [-0.05, 0) is 29.7 Å². The number of aryl methyl sites for hydroxylation is 1. The summed E-state index contributed by atoms with van der Waals surface area (Å²) in [6.07, 6.45) is 4.93. The largest absolute Gasteiger partial charge is 0.336 e. The highest BCUT2D eigenvalue weighted by Gasteiger charge is 2.24. The summed E-state index contributed by atoms with van der Waals surface area (Å²) >= 11 is 3.54. The van der Waals surface area contributed by atoms with Crippen LogP contribution in [0.3, 0.4) is 0 Å². The van der Waals surface area contributed by atoms with Gasteiger partial charge in [0.1, 0.15) is 5.82 Å². The topological polar surface area (TPSA) is 29.9 Å². The van der Waals surface area contributed by atoms with Crippen LogP contribution in [-0.4, -0.2) is 16.1 Å². The second-order valence-corrected chi connectivity index (χ2v) is 5.29. The Labute approximate surface area is 109 Å². The number of imidazole rings is 1. The molecule has 1 aromatic carbocycles. The van der Waals surface area contributed by atoms with Crippen molar-refractivity contribution in [1.82, 2.24) is 14.9 Å². The molecule has 0 amide bonds. The van der Waals surface area contributed by atoms with E-state index in [-0.39, 0.29) is 6.04 Å². The Hall–Kier alpha value is -1.13. The van der Waals surface area contributed by atoms with Crippen LogP contribution in [0.25, 0.3) is 0 Å². The molecule has 0 bridgehead atoms. The maximum absolute atomic E-state index is 4.45. The Morgan fingerprint density at radius 1 is 1.47 bits per heavy atom. The maximum atomic E-state index is 4.45. The fourth-order valence-electron chi connectivity index (χ4n) is 2.41. The normalized spacial score (nSPS) is 19.1. The maximum Gasteiger partial charge on any atom is 0.130 e. The van der Waals surface area contributed by atoms with Crippen LogP contribution in [-0.2, 0) is 13.5 Å². The fraction of sp³-hybridized carbons (Fsp3) is 0.308. The average molecular weight is 292 g/mol. The van der Waals surface area contributed by atoms with Gasteiger partial charge >= 0.3 is 0 Å². The van der Waals surface area contributed by atoms with Gasteiger partial charge in [-0.1, -0.05) is 22.0 Å². The Balaban J connectivity index is 2.10. The van der Waals surface area contributed by atoms with Gasteiger partial charge in [-0.25, -0.2) is 4.98 Å². The summed E-state index contributed by atoms with van der Waals surface area (Å²) in [6.45, 7) is 1.01. The first kappa shape index (κ1) is 11.0. The summed E-state index contributed by atoms with van der Waals surface area (Å²) in [5, 5.41) is 3.54. The lowest BCUT2D eigenvalue weighted by molar-refractivity contribution is 0.529. The van der Waals surface area contributed by atoms with Crippen molar-refractivity contribution >= 4 is 15.9 Å². The molecule has 1 atom stereocenters. The summed E-state index contributed by atoms with van der Waals surface area (Å²) in [6, 6.07) is 6.72. The first-order valence-electron chi connectivity index (χ1n) is 5.74. The zero-order valence-electron chi connectivity index (χ0n) is 9.65. The smallest absolute Gasteiger partial charge is 0.130 e. The molecule has 0 radical (unpaired) electrons. The first-order chi connectivity index (χ1) is 8.25. The van der Waals surface area contributed by atoms with Gasteiger partial charge in [0.2, 0.25) is 0 Å². The lowest BCUT2D eigenvalue weighted by atomic mass is 9.94. The predicted molar refractivity (Wildman–Crippen MR) is 70.9 cm³/mol. The van der Waals surface area contributed by atoms with Gasteiger partial charge in [-0.2, -0.15) is 0 Å². The van der Waals surface area contributed by atoms with Crippen molar-refractivity contribution in [2.45, 2.75) is 12.5 Å². The van der Waals surface area contributed by atoms with Crippen LogP contribution < -0.4 is 5.32 Å². The number of hydrogen-bond donors (Lipinski definition) is 1. The molecule has 88 valence electrons. The Bertz CT molecular complexity index is 547. The summed E-state index contributed by atoms with van der Waals surface area (Å²) in [5.41, 5.74) is 2.75. The third-order valence-electron chi connectivity index (χ3n) is 3.28. The number of hydrogen-bond acceptors (Lipinski definition) is 2. The lowest BCUT2D eigenvalue weighted by Gasteiger charge is -2.26. The minimum Gasteiger partial charge on any atom is -0.336 e. The molecule has 4 heteroatoms. The van der Waals surface area contributed by atoms with Crippen LogP contribution in [0.5, 0.6) is 0 Å². The van der Waals surface area contributed by atoms with E-state index < -0.39 is 0 Å². The molecule has 17 heavy (non-hydrogen) atoms. The van der Waals surface area contributed by atoms with Crippen molar-refractivity contribution in [3.8, 4) is 0 Å². The minimum atomic E-state index is 0.205. The molecule has 0 aliphatic carbocycles. The lowest BCUT2D eigenvalue weighted by Crippen LogP contribution is -2.32. The molecule has 1 unspecified atom stereocenters. The number of fused-ring (bicyclic) bond motifs is 1. The third kappa shape index (κ3) is 1.91. The molecule has 0 saturated heterocycles. The standard InChI is InChI=1S/C13H14BrN3/c1-17-7-6-16-13(17)12-11-8-10(14)3-2-9(11)4-5-15-12/h2-3,6-8,12,15H,4-5H2,1H3. The van der Waals surface area contributed by atoms with Crippen LogP contribution in [0.15, 0.2) is 35.1 Å². The quantitative estimate of drug-likeness (QED) is 0.875. The summed E-state index contributed by atoms with van der Waals surface area (Å²) in [7, 11) is 2.04. The number of nitrogens with one attached hydrogen (secondary N) is 1. The summed E-state index contributed by atoms with van der Waals surface area (Å²) in [4.78, 5) is 4.45. The fourth-order valence-corrected chi connectivity index (χ4v) is 2.79. The van der Waals surface area contributed by atoms with Crippen LogP contribution in [0.4, 0.5) is 0 Å². The van der Waals surface area contributed by atoms with Crippen molar-refractivity contribution in [2.75, 3.05) is 6.54 Å². The van der Waals surface area contributed by atoms with E-state index in [0.29, 0.717) is 0 Å². The summed E-state index contributed by atoms with van der Waals surface area (Å²) in [5.74, 6) is 1.07. The molecule has 0 fully saturated rings. The van der Waals surface area contributed by atoms with Gasteiger partial charge in [0, 0.05) is 30.5 Å². The van der Waals surface area contributed by atoms with Crippen LogP contribution in [0.2, 0.25) is 0 Å². The van der Waals surface area contributed by atoms with Crippen molar-refractivity contribution in [3.05, 3.63) is 52.0 Å². The molecule has 2 aromatic rings. The SMILES string of the molecule is Cn1ccnc1C1NCCc2ccc(Br)cc21. The van der Waals surface area contributed by atoms with Gasteiger partial charge in [0.05, 0.1) is 6.04 Å². The Morgan fingerprint density at radius 3 is 3.12 bits per heavy atom. The van der Waals surface area contributed by atoms with E-state index in [1.165, 1.54) is 11.1 Å². The molecule has 2 heterocycles. The van der Waals surface area contributed by atoms with Gasteiger partial charge in [0.25, 0.3) is 0 Å². The second kappa shape index (κ2) is 4.27. The zero-order chi connectivity index (χ0) is 11.8. The van der Waals surface area contributed by atoms with Gasteiger partial charge < -0.3 is 9.88 Å². The van der Waals surface area contributed by atoms with Crippen LogP contribution >= 0.6 is 15.9 Å². The van der Waals surface area contributed by atoms with Gasteiger partial charge in [-0.15, -0.1) is 0 Å². The van der Waals surface area contributed by atoms with Gasteiger partial charge in [-0.3, -0.25) is 0 Å². The molecule has 1 aliphatic rings. The molecular weight excluding hydrogens is 278 g/mol. The van der Waals surface area contributed by atoms with E-state index in [9.17, 15) is 0 Å². The molecule has 1 aliphatic heterocycles. The first-order valence-corrected chi connectivity index (χ1v) is 6.54. The van der Waals surface area contributed by atoms with Crippen LogP contribution in [0.1, 0.15) is 23.0 Å². The molecule has 3 rings (SSSR count). The van der Waals surface area contributed by atoms with E-state index in [1.54, 1.807) is 0 Å². The third-order valence-corrected chi connectivity index (χ3v) is 3.77. The van der Waals surface area contributed by atoms with E-state index >= 15 is 0 Å². The minimum absolute atomic E-state index is 0.205. The molecule has 1 N–H and O–H groups in total. The Kier molecular flexibility index (Phi) is 2.76. The van der Waals surface area contributed by atoms with Crippen molar-refractivity contribution in [3.63, 3.8) is 0 Å². The number of halogens is 1. The molecule has 0 spiro atoms. The highest BCUT2D eigenvalue weighted by molar-refractivity contribution is 9.10. The number of nitrogens with zero attached hydrogens (tertiary/aromatic N) is 2. The second-order valence-electron chi connectivity index (χ2n) is 4.38. The number of rotatable bonds is 1. The highest BCUT2D eigenvalue weighted by atomic mass is 79.9. The molecule has 3 nitrogen and oxygen atoms in total. The Morgan fingerprint density at radius 2 is 2.35 bits per heavy atom. The molecule has 0 saturated carbocycles.